The van der Waals surface area contributed by atoms with Crippen LogP contribution in [0, 0.1) is 0 Å². The summed E-state index contributed by atoms with van der Waals surface area (Å²) in [7, 11) is 3.28. The number of carbonyl (C=O) groups is 1. The van der Waals surface area contributed by atoms with Gasteiger partial charge in [0.25, 0.3) is 5.91 Å². The molecular weight excluding hydrogens is 400 g/mol. The van der Waals surface area contributed by atoms with Crippen molar-refractivity contribution in [1.29, 1.82) is 0 Å². The molecule has 1 aliphatic heterocycles. The average molecular weight is 427 g/mol. The van der Waals surface area contributed by atoms with E-state index in [4.69, 9.17) is 14.5 Å². The minimum absolute atomic E-state index is 0.0203. The van der Waals surface area contributed by atoms with Crippen LogP contribution in [-0.2, 0) is 0 Å². The third kappa shape index (κ3) is 4.34. The molecule has 0 atom stereocenters. The number of aromatic nitrogens is 1. The number of methoxy groups -OCH3 is 2. The SMILES string of the molecule is COc1ccc2sc(N3CCN(CCNC(=O)c4ccccc4)CC3)nc2c1OC. The van der Waals surface area contributed by atoms with E-state index in [1.165, 1.54) is 0 Å². The maximum Gasteiger partial charge on any atom is 0.251 e. The molecule has 0 unspecified atom stereocenters. The van der Waals surface area contributed by atoms with Gasteiger partial charge in [0.15, 0.2) is 16.6 Å². The first kappa shape index (κ1) is 20.4. The number of amides is 1. The second-order valence-electron chi connectivity index (χ2n) is 7.09. The van der Waals surface area contributed by atoms with Crippen molar-refractivity contribution >= 4 is 32.6 Å². The Kier molecular flexibility index (Phi) is 6.35. The number of benzene rings is 2. The van der Waals surface area contributed by atoms with Crippen LogP contribution < -0.4 is 19.7 Å². The standard InChI is InChI=1S/C22H26N4O3S/c1-28-17-8-9-18-19(20(17)29-2)24-22(30-18)26-14-12-25(13-15-26)11-10-23-21(27)16-6-4-3-5-7-16/h3-9H,10-15H2,1-2H3,(H,23,27). The average Bonchev–Trinajstić information content (AvgIpc) is 3.23. The van der Waals surface area contributed by atoms with Crippen molar-refractivity contribution in [3.8, 4) is 11.5 Å². The summed E-state index contributed by atoms with van der Waals surface area (Å²) < 4.78 is 12.0. The van der Waals surface area contributed by atoms with Gasteiger partial charge in [0.05, 0.1) is 18.9 Å². The fourth-order valence-electron chi connectivity index (χ4n) is 3.61. The molecule has 1 amide bonds. The molecule has 0 spiro atoms. The van der Waals surface area contributed by atoms with Crippen molar-refractivity contribution in [3.63, 3.8) is 0 Å². The van der Waals surface area contributed by atoms with Gasteiger partial charge in [-0.25, -0.2) is 4.98 Å². The van der Waals surface area contributed by atoms with Gasteiger partial charge < -0.3 is 19.7 Å². The molecule has 8 heteroatoms. The first-order chi connectivity index (χ1) is 14.7. The van der Waals surface area contributed by atoms with Crippen molar-refractivity contribution in [1.82, 2.24) is 15.2 Å². The number of ether oxygens (including phenoxy) is 2. The van der Waals surface area contributed by atoms with Crippen LogP contribution in [0.1, 0.15) is 10.4 Å². The summed E-state index contributed by atoms with van der Waals surface area (Å²) in [5, 5.41) is 4.01. The maximum absolute atomic E-state index is 12.1. The van der Waals surface area contributed by atoms with Crippen molar-refractivity contribution < 1.29 is 14.3 Å². The highest BCUT2D eigenvalue weighted by Crippen LogP contribution is 2.39. The van der Waals surface area contributed by atoms with Crippen LogP contribution in [-0.4, -0.2) is 69.3 Å². The molecule has 30 heavy (non-hydrogen) atoms. The molecule has 1 fully saturated rings. The van der Waals surface area contributed by atoms with Crippen LogP contribution in [0.3, 0.4) is 0 Å². The lowest BCUT2D eigenvalue weighted by molar-refractivity contribution is 0.0948. The molecule has 158 valence electrons. The van der Waals surface area contributed by atoms with Gasteiger partial charge in [-0.1, -0.05) is 29.5 Å². The summed E-state index contributed by atoms with van der Waals surface area (Å²) in [5.74, 6) is 1.36. The molecular formula is C22H26N4O3S. The minimum atomic E-state index is -0.0203. The van der Waals surface area contributed by atoms with Crippen LogP contribution in [0.2, 0.25) is 0 Å². The highest BCUT2D eigenvalue weighted by atomic mass is 32.1. The Labute approximate surface area is 180 Å². The molecule has 1 aromatic heterocycles. The van der Waals surface area contributed by atoms with E-state index in [2.05, 4.69) is 15.1 Å². The third-order valence-corrected chi connectivity index (χ3v) is 6.36. The number of rotatable bonds is 7. The summed E-state index contributed by atoms with van der Waals surface area (Å²) in [4.78, 5) is 21.7. The first-order valence-electron chi connectivity index (χ1n) is 10.0. The van der Waals surface area contributed by atoms with Crippen LogP contribution >= 0.6 is 11.3 Å². The number of thiazole rings is 1. The number of carbonyl (C=O) groups excluding carboxylic acids is 1. The van der Waals surface area contributed by atoms with E-state index in [-0.39, 0.29) is 5.91 Å². The molecule has 2 aromatic carbocycles. The molecule has 3 aromatic rings. The third-order valence-electron chi connectivity index (χ3n) is 5.28. The van der Waals surface area contributed by atoms with Crippen molar-refractivity contribution in [2.45, 2.75) is 0 Å². The highest BCUT2D eigenvalue weighted by Gasteiger charge is 2.21. The number of hydrogen-bond donors (Lipinski definition) is 1. The van der Waals surface area contributed by atoms with Crippen molar-refractivity contribution in [3.05, 3.63) is 48.0 Å². The number of piperazine rings is 1. The van der Waals surface area contributed by atoms with E-state index in [1.54, 1.807) is 25.6 Å². The van der Waals surface area contributed by atoms with Gasteiger partial charge in [-0.05, 0) is 24.3 Å². The Hall–Kier alpha value is -2.84. The zero-order valence-electron chi connectivity index (χ0n) is 17.3. The summed E-state index contributed by atoms with van der Waals surface area (Å²) >= 11 is 1.68. The van der Waals surface area contributed by atoms with Gasteiger partial charge in [0.2, 0.25) is 0 Å². The fraction of sp³-hybridized carbons (Fsp3) is 0.364. The lowest BCUT2D eigenvalue weighted by atomic mass is 10.2. The molecule has 1 saturated heterocycles. The lowest BCUT2D eigenvalue weighted by Gasteiger charge is -2.34. The second-order valence-corrected chi connectivity index (χ2v) is 8.10. The predicted octanol–water partition coefficient (Wildman–Crippen LogP) is 2.87. The summed E-state index contributed by atoms with van der Waals surface area (Å²) in [6.07, 6.45) is 0. The topological polar surface area (TPSA) is 66.9 Å². The van der Waals surface area contributed by atoms with E-state index in [9.17, 15) is 4.79 Å². The van der Waals surface area contributed by atoms with Crippen LogP contribution in [0.15, 0.2) is 42.5 Å². The Morgan fingerprint density at radius 1 is 1.07 bits per heavy atom. The van der Waals surface area contributed by atoms with Gasteiger partial charge in [0, 0.05) is 44.8 Å². The molecule has 7 nitrogen and oxygen atoms in total. The first-order valence-corrected chi connectivity index (χ1v) is 10.8. The highest BCUT2D eigenvalue weighted by molar-refractivity contribution is 7.22. The number of nitrogens with zero attached hydrogens (tertiary/aromatic N) is 3. The summed E-state index contributed by atoms with van der Waals surface area (Å²) in [5.41, 5.74) is 1.55. The zero-order valence-corrected chi connectivity index (χ0v) is 18.1. The van der Waals surface area contributed by atoms with E-state index >= 15 is 0 Å². The monoisotopic (exact) mass is 426 g/mol. The molecule has 0 saturated carbocycles. The Bertz CT molecular complexity index is 1000. The van der Waals surface area contributed by atoms with E-state index in [1.807, 2.05) is 42.5 Å². The molecule has 0 radical (unpaired) electrons. The molecule has 1 aliphatic rings. The summed E-state index contributed by atoms with van der Waals surface area (Å²) in [6.45, 7) is 5.19. The van der Waals surface area contributed by atoms with Gasteiger partial charge in [-0.3, -0.25) is 9.69 Å². The van der Waals surface area contributed by atoms with E-state index in [0.717, 1.165) is 48.1 Å². The van der Waals surface area contributed by atoms with Gasteiger partial charge in [-0.2, -0.15) is 0 Å². The molecule has 2 heterocycles. The number of hydrogen-bond acceptors (Lipinski definition) is 7. The van der Waals surface area contributed by atoms with Crippen molar-refractivity contribution in [2.75, 3.05) is 58.4 Å². The number of fused-ring (bicyclic) bond motifs is 1. The smallest absolute Gasteiger partial charge is 0.251 e. The second kappa shape index (κ2) is 9.32. The largest absolute Gasteiger partial charge is 0.493 e. The zero-order chi connectivity index (χ0) is 20.9. The molecule has 0 bridgehead atoms. The maximum atomic E-state index is 12.1. The number of nitrogens with one attached hydrogen (secondary N) is 1. The van der Waals surface area contributed by atoms with Crippen LogP contribution in [0.5, 0.6) is 11.5 Å². The van der Waals surface area contributed by atoms with E-state index in [0.29, 0.717) is 23.6 Å². The van der Waals surface area contributed by atoms with Crippen LogP contribution in [0.25, 0.3) is 10.2 Å². The molecule has 1 N–H and O–H groups in total. The van der Waals surface area contributed by atoms with Gasteiger partial charge >= 0.3 is 0 Å². The van der Waals surface area contributed by atoms with Gasteiger partial charge in [-0.15, -0.1) is 0 Å². The Morgan fingerprint density at radius 3 is 2.53 bits per heavy atom. The quantitative estimate of drug-likeness (QED) is 0.627. The number of anilines is 1. The predicted molar refractivity (Wildman–Crippen MR) is 120 cm³/mol. The van der Waals surface area contributed by atoms with Crippen molar-refractivity contribution in [2.24, 2.45) is 0 Å². The Morgan fingerprint density at radius 2 is 1.83 bits per heavy atom. The molecule has 4 rings (SSSR count). The summed E-state index contributed by atoms with van der Waals surface area (Å²) in [6, 6.07) is 13.3. The van der Waals surface area contributed by atoms with Crippen LogP contribution in [0.4, 0.5) is 5.13 Å². The Balaban J connectivity index is 1.31. The normalized spacial score (nSPS) is 14.7. The van der Waals surface area contributed by atoms with Gasteiger partial charge in [0.1, 0.15) is 5.52 Å². The minimum Gasteiger partial charge on any atom is -0.493 e. The fourth-order valence-corrected chi connectivity index (χ4v) is 4.63. The lowest BCUT2D eigenvalue weighted by Crippen LogP contribution is -2.48. The molecule has 0 aliphatic carbocycles. The van der Waals surface area contributed by atoms with E-state index < -0.39 is 0 Å².